The molecule has 0 N–H and O–H groups in total. The van der Waals surface area contributed by atoms with Crippen LogP contribution in [0.15, 0.2) is 30.3 Å². The van der Waals surface area contributed by atoms with E-state index in [-0.39, 0.29) is 4.83 Å². The highest BCUT2D eigenvalue weighted by molar-refractivity contribution is 9.09. The second kappa shape index (κ2) is 5.37. The summed E-state index contributed by atoms with van der Waals surface area (Å²) < 4.78 is 39.4. The SMILES string of the molecule is Cc1ccc(C(Br)c2cc(F)c(F)c(F)c2)cc1C. The maximum Gasteiger partial charge on any atom is 0.194 e. The molecule has 1 unspecified atom stereocenters. The molecule has 0 spiro atoms. The Hall–Kier alpha value is -1.29. The Morgan fingerprint density at radius 3 is 1.95 bits per heavy atom. The highest BCUT2D eigenvalue weighted by Gasteiger charge is 2.17. The Morgan fingerprint density at radius 1 is 0.842 bits per heavy atom. The molecule has 0 aliphatic rings. The fourth-order valence-electron chi connectivity index (χ4n) is 1.84. The van der Waals surface area contributed by atoms with Crippen LogP contribution in [-0.2, 0) is 0 Å². The molecular weight excluding hydrogens is 317 g/mol. The normalized spacial score (nSPS) is 12.5. The molecule has 0 radical (unpaired) electrons. The van der Waals surface area contributed by atoms with Crippen LogP contribution in [0.3, 0.4) is 0 Å². The van der Waals surface area contributed by atoms with E-state index < -0.39 is 17.5 Å². The zero-order valence-corrected chi connectivity index (χ0v) is 12.1. The van der Waals surface area contributed by atoms with Gasteiger partial charge < -0.3 is 0 Å². The summed E-state index contributed by atoms with van der Waals surface area (Å²) in [7, 11) is 0. The molecule has 0 saturated heterocycles. The summed E-state index contributed by atoms with van der Waals surface area (Å²) in [4.78, 5) is -0.378. The number of aryl methyl sites for hydroxylation is 2. The van der Waals surface area contributed by atoms with Crippen molar-refractivity contribution in [3.8, 4) is 0 Å². The number of alkyl halides is 1. The van der Waals surface area contributed by atoms with Crippen molar-refractivity contribution < 1.29 is 13.2 Å². The molecule has 2 aromatic rings. The lowest BCUT2D eigenvalue weighted by Crippen LogP contribution is -1.99. The zero-order chi connectivity index (χ0) is 14.2. The maximum atomic E-state index is 13.2. The molecule has 2 aromatic carbocycles. The molecule has 0 aliphatic heterocycles. The highest BCUT2D eigenvalue weighted by atomic mass is 79.9. The summed E-state index contributed by atoms with van der Waals surface area (Å²) in [5.41, 5.74) is 3.44. The zero-order valence-electron chi connectivity index (χ0n) is 10.5. The number of benzene rings is 2. The second-order valence-electron chi connectivity index (χ2n) is 4.50. The molecule has 4 heteroatoms. The van der Waals surface area contributed by atoms with Crippen LogP contribution in [0, 0.1) is 31.3 Å². The number of hydrogen-bond acceptors (Lipinski definition) is 0. The molecule has 100 valence electrons. The summed E-state index contributed by atoms with van der Waals surface area (Å²) in [6, 6.07) is 7.77. The van der Waals surface area contributed by atoms with Gasteiger partial charge in [-0.05, 0) is 48.2 Å². The van der Waals surface area contributed by atoms with E-state index in [9.17, 15) is 13.2 Å². The molecule has 0 saturated carbocycles. The van der Waals surface area contributed by atoms with Crippen LogP contribution < -0.4 is 0 Å². The lowest BCUT2D eigenvalue weighted by atomic mass is 10.00. The predicted octanol–water partition coefficient (Wildman–Crippen LogP) is 5.21. The first-order chi connectivity index (χ1) is 8.90. The molecule has 0 heterocycles. The lowest BCUT2D eigenvalue weighted by molar-refractivity contribution is 0.445. The van der Waals surface area contributed by atoms with Crippen LogP contribution in [0.4, 0.5) is 13.2 Å². The van der Waals surface area contributed by atoms with Gasteiger partial charge in [-0.2, -0.15) is 0 Å². The quantitative estimate of drug-likeness (QED) is 0.524. The molecule has 19 heavy (non-hydrogen) atoms. The summed E-state index contributed by atoms with van der Waals surface area (Å²) in [6.07, 6.45) is 0. The summed E-state index contributed by atoms with van der Waals surface area (Å²) in [5.74, 6) is -3.80. The van der Waals surface area contributed by atoms with Crippen molar-refractivity contribution in [1.82, 2.24) is 0 Å². The van der Waals surface area contributed by atoms with E-state index in [1.807, 2.05) is 32.0 Å². The first-order valence-electron chi connectivity index (χ1n) is 5.76. The topological polar surface area (TPSA) is 0 Å². The standard InChI is InChI=1S/C15H12BrF3/c1-8-3-4-10(5-9(8)2)14(16)11-6-12(17)15(19)13(18)7-11/h3-7,14H,1-2H3. The molecule has 0 aromatic heterocycles. The molecule has 0 amide bonds. The number of halogens is 4. The lowest BCUT2D eigenvalue weighted by Gasteiger charge is -2.13. The molecular formula is C15H12BrF3. The summed E-state index contributed by atoms with van der Waals surface area (Å²) >= 11 is 3.39. The van der Waals surface area contributed by atoms with Gasteiger partial charge in [0.2, 0.25) is 0 Å². The average molecular weight is 329 g/mol. The van der Waals surface area contributed by atoms with Crippen molar-refractivity contribution in [3.63, 3.8) is 0 Å². The molecule has 0 nitrogen and oxygen atoms in total. The van der Waals surface area contributed by atoms with E-state index in [1.54, 1.807) is 0 Å². The number of rotatable bonds is 2. The van der Waals surface area contributed by atoms with E-state index in [0.717, 1.165) is 28.8 Å². The van der Waals surface area contributed by atoms with Crippen LogP contribution in [0.25, 0.3) is 0 Å². The van der Waals surface area contributed by atoms with E-state index in [0.29, 0.717) is 5.56 Å². The summed E-state index contributed by atoms with van der Waals surface area (Å²) in [5, 5.41) is 0. The fourth-order valence-corrected chi connectivity index (χ4v) is 2.39. The third-order valence-electron chi connectivity index (χ3n) is 3.12. The molecule has 0 fully saturated rings. The average Bonchev–Trinajstić information content (AvgIpc) is 2.37. The van der Waals surface area contributed by atoms with Gasteiger partial charge in [-0.25, -0.2) is 13.2 Å². The van der Waals surface area contributed by atoms with Crippen molar-refractivity contribution in [2.24, 2.45) is 0 Å². The van der Waals surface area contributed by atoms with Crippen LogP contribution >= 0.6 is 15.9 Å². The Balaban J connectivity index is 2.43. The van der Waals surface area contributed by atoms with Crippen LogP contribution in [0.5, 0.6) is 0 Å². The summed E-state index contributed by atoms with van der Waals surface area (Å²) in [6.45, 7) is 3.95. The third kappa shape index (κ3) is 2.84. The smallest absolute Gasteiger partial charge is 0.194 e. The van der Waals surface area contributed by atoms with Crippen LogP contribution in [0.2, 0.25) is 0 Å². The van der Waals surface area contributed by atoms with Gasteiger partial charge in [0.25, 0.3) is 0 Å². The van der Waals surface area contributed by atoms with E-state index in [4.69, 9.17) is 0 Å². The van der Waals surface area contributed by atoms with Gasteiger partial charge in [0.05, 0.1) is 4.83 Å². The Morgan fingerprint density at radius 2 is 1.42 bits per heavy atom. The first-order valence-corrected chi connectivity index (χ1v) is 6.67. The number of hydrogen-bond donors (Lipinski definition) is 0. The fraction of sp³-hybridized carbons (Fsp3) is 0.200. The van der Waals surface area contributed by atoms with Gasteiger partial charge in [0.15, 0.2) is 17.5 Å². The Kier molecular flexibility index (Phi) is 3.99. The van der Waals surface area contributed by atoms with Gasteiger partial charge >= 0.3 is 0 Å². The molecule has 2 rings (SSSR count). The minimum Gasteiger partial charge on any atom is -0.204 e. The molecule has 0 bridgehead atoms. The van der Waals surface area contributed by atoms with E-state index in [2.05, 4.69) is 15.9 Å². The van der Waals surface area contributed by atoms with Crippen molar-refractivity contribution >= 4 is 15.9 Å². The van der Waals surface area contributed by atoms with Gasteiger partial charge in [-0.15, -0.1) is 0 Å². The first kappa shape index (κ1) is 14.1. The van der Waals surface area contributed by atoms with Crippen molar-refractivity contribution in [3.05, 3.63) is 70.0 Å². The Labute approximate surface area is 118 Å². The highest BCUT2D eigenvalue weighted by Crippen LogP contribution is 2.33. The molecule has 1 atom stereocenters. The minimum atomic E-state index is -1.44. The molecule has 0 aliphatic carbocycles. The monoisotopic (exact) mass is 328 g/mol. The van der Waals surface area contributed by atoms with Gasteiger partial charge in [0, 0.05) is 0 Å². The van der Waals surface area contributed by atoms with Crippen molar-refractivity contribution in [2.75, 3.05) is 0 Å². The maximum absolute atomic E-state index is 13.2. The van der Waals surface area contributed by atoms with E-state index >= 15 is 0 Å². The van der Waals surface area contributed by atoms with Gasteiger partial charge in [-0.3, -0.25) is 0 Å². The van der Waals surface area contributed by atoms with Crippen LogP contribution in [-0.4, -0.2) is 0 Å². The third-order valence-corrected chi connectivity index (χ3v) is 4.18. The Bertz CT molecular complexity index is 600. The predicted molar refractivity (Wildman–Crippen MR) is 73.0 cm³/mol. The van der Waals surface area contributed by atoms with Gasteiger partial charge in [0.1, 0.15) is 0 Å². The van der Waals surface area contributed by atoms with Crippen molar-refractivity contribution in [2.45, 2.75) is 18.7 Å². The van der Waals surface area contributed by atoms with Crippen LogP contribution in [0.1, 0.15) is 27.1 Å². The van der Waals surface area contributed by atoms with Gasteiger partial charge in [-0.1, -0.05) is 34.1 Å². The minimum absolute atomic E-state index is 0.347. The van der Waals surface area contributed by atoms with E-state index in [1.165, 1.54) is 0 Å². The van der Waals surface area contributed by atoms with Crippen molar-refractivity contribution in [1.29, 1.82) is 0 Å². The second-order valence-corrected chi connectivity index (χ2v) is 5.42. The largest absolute Gasteiger partial charge is 0.204 e.